The summed E-state index contributed by atoms with van der Waals surface area (Å²) in [6.45, 7) is 4.50. The van der Waals surface area contributed by atoms with Gasteiger partial charge in [-0.1, -0.05) is 36.1 Å². The SMILES string of the molecule is C=CCN1C(=O)/C(=C\c2c(N3CCNC(=O)[C@H]3CC(=O)OC)nc3ccccn3c2=O)SC1=S. The molecule has 1 atom stereocenters. The Bertz CT molecular complexity index is 1300. The van der Waals surface area contributed by atoms with Crippen molar-refractivity contribution in [3.05, 3.63) is 57.9 Å². The zero-order valence-corrected chi connectivity index (χ0v) is 19.9. The van der Waals surface area contributed by atoms with E-state index < -0.39 is 17.6 Å². The highest BCUT2D eigenvalue weighted by Gasteiger charge is 2.36. The van der Waals surface area contributed by atoms with Gasteiger partial charge in [0.15, 0.2) is 0 Å². The summed E-state index contributed by atoms with van der Waals surface area (Å²) < 4.78 is 6.47. The molecule has 2 fully saturated rings. The number of carbonyl (C=O) groups is 3. The first-order chi connectivity index (χ1) is 16.3. The third-order valence-corrected chi connectivity index (χ3v) is 6.78. The first-order valence-electron chi connectivity index (χ1n) is 10.3. The quantitative estimate of drug-likeness (QED) is 0.269. The van der Waals surface area contributed by atoms with Gasteiger partial charge >= 0.3 is 5.97 Å². The largest absolute Gasteiger partial charge is 0.469 e. The third kappa shape index (κ3) is 4.33. The molecule has 0 aliphatic carbocycles. The smallest absolute Gasteiger partial charge is 0.308 e. The minimum absolute atomic E-state index is 0.118. The van der Waals surface area contributed by atoms with Gasteiger partial charge in [0.25, 0.3) is 11.5 Å². The Morgan fingerprint density at radius 1 is 1.38 bits per heavy atom. The molecule has 34 heavy (non-hydrogen) atoms. The fourth-order valence-corrected chi connectivity index (χ4v) is 5.02. The predicted octanol–water partition coefficient (Wildman–Crippen LogP) is 0.950. The second kappa shape index (κ2) is 9.77. The first-order valence-corrected chi connectivity index (χ1v) is 11.6. The minimum Gasteiger partial charge on any atom is -0.469 e. The van der Waals surface area contributed by atoms with E-state index in [1.54, 1.807) is 35.4 Å². The lowest BCUT2D eigenvalue weighted by Gasteiger charge is -2.36. The molecule has 2 aromatic heterocycles. The standard InChI is InChI=1S/C22H21N5O5S2/c1-3-8-27-21(31)15(34-22(27)33)11-13-18(24-16-6-4-5-9-26(16)20(13)30)25-10-7-23-19(29)14(25)12-17(28)32-2/h3-6,9,11,14H,1,7-8,10,12H2,2H3,(H,23,29)/b15-11+/t14-/m1/s1. The molecule has 0 spiro atoms. The van der Waals surface area contributed by atoms with Crippen LogP contribution in [0.25, 0.3) is 11.7 Å². The Kier molecular flexibility index (Phi) is 6.80. The van der Waals surface area contributed by atoms with E-state index in [1.807, 2.05) is 0 Å². The molecule has 0 bridgehead atoms. The molecule has 2 saturated heterocycles. The molecule has 0 unspecified atom stereocenters. The number of hydrogen-bond acceptors (Lipinski definition) is 9. The summed E-state index contributed by atoms with van der Waals surface area (Å²) in [5.74, 6) is -1.10. The molecule has 2 aliphatic rings. The van der Waals surface area contributed by atoms with E-state index in [1.165, 1.54) is 22.5 Å². The van der Waals surface area contributed by atoms with Gasteiger partial charge in [0.1, 0.15) is 21.8 Å². The molecule has 0 saturated carbocycles. The van der Waals surface area contributed by atoms with Gasteiger partial charge < -0.3 is 15.0 Å². The maximum Gasteiger partial charge on any atom is 0.308 e. The number of methoxy groups -OCH3 is 1. The molecule has 12 heteroatoms. The summed E-state index contributed by atoms with van der Waals surface area (Å²) in [5, 5.41) is 2.73. The fourth-order valence-electron chi connectivity index (χ4n) is 3.77. The monoisotopic (exact) mass is 499 g/mol. The Morgan fingerprint density at radius 3 is 2.91 bits per heavy atom. The molecule has 1 N–H and O–H groups in total. The van der Waals surface area contributed by atoms with Crippen molar-refractivity contribution in [2.24, 2.45) is 0 Å². The lowest BCUT2D eigenvalue weighted by Crippen LogP contribution is -2.57. The topological polar surface area (TPSA) is 113 Å². The second-order valence-corrected chi connectivity index (χ2v) is 9.12. The zero-order valence-electron chi connectivity index (χ0n) is 18.2. The van der Waals surface area contributed by atoms with Crippen LogP contribution in [0.3, 0.4) is 0 Å². The highest BCUT2D eigenvalue weighted by atomic mass is 32.2. The number of thioether (sulfide) groups is 1. The maximum atomic E-state index is 13.5. The van der Waals surface area contributed by atoms with E-state index in [4.69, 9.17) is 17.0 Å². The number of thiocarbonyl (C=S) groups is 1. The van der Waals surface area contributed by atoms with E-state index >= 15 is 0 Å². The number of ether oxygens (including phenoxy) is 1. The summed E-state index contributed by atoms with van der Waals surface area (Å²) in [6, 6.07) is 4.16. The van der Waals surface area contributed by atoms with Crippen molar-refractivity contribution >= 4 is 63.6 Å². The molecule has 2 amide bonds. The molecular formula is C22H21N5O5S2. The summed E-state index contributed by atoms with van der Waals surface area (Å²) in [6.07, 6.45) is 4.37. The van der Waals surface area contributed by atoms with Crippen molar-refractivity contribution in [2.45, 2.75) is 12.5 Å². The molecule has 2 aromatic rings. The number of rotatable bonds is 6. The van der Waals surface area contributed by atoms with Crippen LogP contribution in [0.15, 0.2) is 46.8 Å². The number of amides is 2. The van der Waals surface area contributed by atoms with Crippen LogP contribution >= 0.6 is 24.0 Å². The van der Waals surface area contributed by atoms with Gasteiger partial charge in [-0.2, -0.15) is 0 Å². The van der Waals surface area contributed by atoms with Crippen LogP contribution in [0.2, 0.25) is 0 Å². The molecule has 2 aliphatic heterocycles. The van der Waals surface area contributed by atoms with Crippen LogP contribution in [0.1, 0.15) is 12.0 Å². The van der Waals surface area contributed by atoms with Crippen LogP contribution in [-0.4, -0.2) is 69.2 Å². The highest BCUT2D eigenvalue weighted by Crippen LogP contribution is 2.34. The number of anilines is 1. The van der Waals surface area contributed by atoms with Crippen molar-refractivity contribution < 1.29 is 19.1 Å². The Labute approximate surface area is 204 Å². The molecular weight excluding hydrogens is 478 g/mol. The van der Waals surface area contributed by atoms with E-state index in [0.29, 0.717) is 23.1 Å². The average Bonchev–Trinajstić information content (AvgIpc) is 3.09. The normalized spacial score (nSPS) is 19.6. The minimum atomic E-state index is -0.929. The number of nitrogens with one attached hydrogen (secondary N) is 1. The van der Waals surface area contributed by atoms with Crippen LogP contribution < -0.4 is 15.8 Å². The van der Waals surface area contributed by atoms with Crippen molar-refractivity contribution in [2.75, 3.05) is 31.6 Å². The number of hydrogen-bond donors (Lipinski definition) is 1. The molecule has 4 heterocycles. The van der Waals surface area contributed by atoms with Crippen LogP contribution in [0.4, 0.5) is 5.82 Å². The Hall–Kier alpha value is -3.51. The van der Waals surface area contributed by atoms with Crippen molar-refractivity contribution in [1.82, 2.24) is 19.6 Å². The van der Waals surface area contributed by atoms with Gasteiger partial charge in [-0.25, -0.2) is 4.98 Å². The lowest BCUT2D eigenvalue weighted by atomic mass is 10.1. The van der Waals surface area contributed by atoms with Gasteiger partial charge in [-0.15, -0.1) is 6.58 Å². The average molecular weight is 500 g/mol. The number of esters is 1. The highest BCUT2D eigenvalue weighted by molar-refractivity contribution is 8.26. The van der Waals surface area contributed by atoms with E-state index in [9.17, 15) is 19.2 Å². The van der Waals surface area contributed by atoms with Crippen molar-refractivity contribution in [3.63, 3.8) is 0 Å². The van der Waals surface area contributed by atoms with Crippen molar-refractivity contribution in [3.8, 4) is 0 Å². The van der Waals surface area contributed by atoms with Gasteiger partial charge in [0, 0.05) is 25.8 Å². The summed E-state index contributed by atoms with van der Waals surface area (Å²) in [5.41, 5.74) is 0.0615. The van der Waals surface area contributed by atoms with Gasteiger partial charge in [0.2, 0.25) is 5.91 Å². The number of fused-ring (bicyclic) bond motifs is 1. The Balaban J connectivity index is 1.89. The van der Waals surface area contributed by atoms with Crippen molar-refractivity contribution in [1.29, 1.82) is 0 Å². The van der Waals surface area contributed by atoms with E-state index in [2.05, 4.69) is 16.9 Å². The zero-order chi connectivity index (χ0) is 24.4. The van der Waals surface area contributed by atoms with Gasteiger partial charge in [-0.05, 0) is 18.2 Å². The van der Waals surface area contributed by atoms with Crippen LogP contribution in [0, 0.1) is 0 Å². The maximum absolute atomic E-state index is 13.5. The number of piperazine rings is 1. The van der Waals surface area contributed by atoms with E-state index in [0.717, 1.165) is 11.8 Å². The molecule has 0 aromatic carbocycles. The Morgan fingerprint density at radius 2 is 2.18 bits per heavy atom. The number of nitrogens with zero attached hydrogens (tertiary/aromatic N) is 4. The number of pyridine rings is 1. The molecule has 10 nitrogen and oxygen atoms in total. The summed E-state index contributed by atoms with van der Waals surface area (Å²) >= 11 is 6.38. The number of carbonyl (C=O) groups excluding carboxylic acids is 3. The molecule has 0 radical (unpaired) electrons. The first kappa shape index (κ1) is 23.6. The second-order valence-electron chi connectivity index (χ2n) is 7.44. The van der Waals surface area contributed by atoms with Gasteiger partial charge in [-0.3, -0.25) is 28.5 Å². The third-order valence-electron chi connectivity index (χ3n) is 5.40. The van der Waals surface area contributed by atoms with Gasteiger partial charge in [0.05, 0.1) is 24.0 Å². The summed E-state index contributed by atoms with van der Waals surface area (Å²) in [7, 11) is 1.24. The van der Waals surface area contributed by atoms with Crippen LogP contribution in [-0.2, 0) is 19.1 Å². The van der Waals surface area contributed by atoms with Crippen LogP contribution in [0.5, 0.6) is 0 Å². The number of aromatic nitrogens is 2. The molecule has 4 rings (SSSR count). The predicted molar refractivity (Wildman–Crippen MR) is 132 cm³/mol. The van der Waals surface area contributed by atoms with E-state index in [-0.39, 0.29) is 41.1 Å². The molecule has 176 valence electrons. The lowest BCUT2D eigenvalue weighted by molar-refractivity contribution is -0.143. The summed E-state index contributed by atoms with van der Waals surface area (Å²) in [4.78, 5) is 59.0. The fraction of sp³-hybridized carbons (Fsp3) is 0.273.